The number of nitrogens with zero attached hydrogens (tertiary/aromatic N) is 1. The van der Waals surface area contributed by atoms with E-state index in [1.807, 2.05) is 6.92 Å². The Labute approximate surface area is 146 Å². The molecular weight excluding hydrogens is 403 g/mol. The van der Waals surface area contributed by atoms with Crippen molar-refractivity contribution in [3.63, 3.8) is 0 Å². The van der Waals surface area contributed by atoms with Gasteiger partial charge in [-0.05, 0) is 25.5 Å². The molecule has 4 nitrogen and oxygen atoms in total. The molecule has 1 saturated carbocycles. The van der Waals surface area contributed by atoms with Crippen LogP contribution in [-0.2, 0) is 4.74 Å². The van der Waals surface area contributed by atoms with Gasteiger partial charge in [0.2, 0.25) is 0 Å². The Hall–Kier alpha value is -0.960. The summed E-state index contributed by atoms with van der Waals surface area (Å²) in [5, 5.41) is 6.31. The molecule has 7 heteroatoms. The molecular formula is C15H22F2IN3O. The predicted molar refractivity (Wildman–Crippen MR) is 93.9 cm³/mol. The highest BCUT2D eigenvalue weighted by atomic mass is 127. The summed E-state index contributed by atoms with van der Waals surface area (Å²) in [4.78, 5) is 4.34. The van der Waals surface area contributed by atoms with Crippen molar-refractivity contribution in [1.82, 2.24) is 10.6 Å². The molecule has 124 valence electrons. The van der Waals surface area contributed by atoms with E-state index in [0.29, 0.717) is 25.5 Å². The van der Waals surface area contributed by atoms with Crippen molar-refractivity contribution >= 4 is 29.9 Å². The van der Waals surface area contributed by atoms with Crippen LogP contribution in [0.5, 0.6) is 0 Å². The summed E-state index contributed by atoms with van der Waals surface area (Å²) in [6.45, 7) is 3.77. The molecule has 1 aromatic carbocycles. The van der Waals surface area contributed by atoms with Crippen LogP contribution in [0.3, 0.4) is 0 Å². The first-order chi connectivity index (χ1) is 10.2. The van der Waals surface area contributed by atoms with Gasteiger partial charge in [0, 0.05) is 31.2 Å². The van der Waals surface area contributed by atoms with Gasteiger partial charge in [0.15, 0.2) is 5.96 Å². The van der Waals surface area contributed by atoms with Crippen molar-refractivity contribution in [3.05, 3.63) is 35.4 Å². The summed E-state index contributed by atoms with van der Waals surface area (Å²) >= 11 is 0. The van der Waals surface area contributed by atoms with Crippen LogP contribution in [-0.4, -0.2) is 38.8 Å². The van der Waals surface area contributed by atoms with E-state index in [4.69, 9.17) is 4.74 Å². The number of ether oxygens (including phenoxy) is 1. The van der Waals surface area contributed by atoms with E-state index in [2.05, 4.69) is 15.6 Å². The Morgan fingerprint density at radius 2 is 2.05 bits per heavy atom. The molecule has 0 spiro atoms. The summed E-state index contributed by atoms with van der Waals surface area (Å²) in [5.41, 5.74) is 0.169. The molecule has 0 aromatic heterocycles. The Bertz CT molecular complexity index is 493. The second-order valence-electron chi connectivity index (χ2n) is 4.98. The summed E-state index contributed by atoms with van der Waals surface area (Å²) < 4.78 is 32.4. The Kier molecular flexibility index (Phi) is 8.02. The molecule has 1 aromatic rings. The SMILES string of the molecule is CCNC(=NCCOC)NC1CC1c1c(F)cccc1F.I. The number of halogens is 3. The number of hydrogen-bond acceptors (Lipinski definition) is 2. The molecule has 1 aliphatic carbocycles. The van der Waals surface area contributed by atoms with Crippen LogP contribution in [0.4, 0.5) is 8.78 Å². The van der Waals surface area contributed by atoms with Gasteiger partial charge >= 0.3 is 0 Å². The van der Waals surface area contributed by atoms with Gasteiger partial charge in [0.1, 0.15) is 11.6 Å². The molecule has 1 aliphatic rings. The molecule has 0 amide bonds. The van der Waals surface area contributed by atoms with Crippen molar-refractivity contribution in [2.75, 3.05) is 26.8 Å². The molecule has 22 heavy (non-hydrogen) atoms. The maximum absolute atomic E-state index is 13.7. The maximum Gasteiger partial charge on any atom is 0.191 e. The Balaban J connectivity index is 0.00000242. The second-order valence-corrected chi connectivity index (χ2v) is 4.98. The Morgan fingerprint density at radius 3 is 2.64 bits per heavy atom. The van der Waals surface area contributed by atoms with Crippen LogP contribution >= 0.6 is 24.0 Å². The number of benzene rings is 1. The number of rotatable bonds is 6. The highest BCUT2D eigenvalue weighted by Gasteiger charge is 2.42. The third-order valence-corrected chi connectivity index (χ3v) is 3.39. The number of methoxy groups -OCH3 is 1. The van der Waals surface area contributed by atoms with E-state index in [-0.39, 0.29) is 41.5 Å². The number of aliphatic imine (C=N–C) groups is 1. The molecule has 0 aliphatic heterocycles. The zero-order chi connectivity index (χ0) is 15.2. The highest BCUT2D eigenvalue weighted by molar-refractivity contribution is 14.0. The lowest BCUT2D eigenvalue weighted by molar-refractivity contribution is 0.208. The molecule has 0 saturated heterocycles. The average Bonchev–Trinajstić information content (AvgIpc) is 3.18. The van der Waals surface area contributed by atoms with Crippen LogP contribution in [0.1, 0.15) is 24.8 Å². The van der Waals surface area contributed by atoms with Gasteiger partial charge in [-0.25, -0.2) is 8.78 Å². The highest BCUT2D eigenvalue weighted by Crippen LogP contribution is 2.42. The minimum Gasteiger partial charge on any atom is -0.383 e. The third kappa shape index (κ3) is 5.05. The van der Waals surface area contributed by atoms with Crippen LogP contribution in [0.25, 0.3) is 0 Å². The first-order valence-electron chi connectivity index (χ1n) is 7.15. The van der Waals surface area contributed by atoms with Crippen LogP contribution in [0.15, 0.2) is 23.2 Å². The first-order valence-corrected chi connectivity index (χ1v) is 7.15. The largest absolute Gasteiger partial charge is 0.383 e. The molecule has 2 unspecified atom stereocenters. The molecule has 0 radical (unpaired) electrons. The van der Waals surface area contributed by atoms with Gasteiger partial charge in [0.05, 0.1) is 13.2 Å². The van der Waals surface area contributed by atoms with Crippen molar-refractivity contribution in [2.24, 2.45) is 4.99 Å². The van der Waals surface area contributed by atoms with E-state index < -0.39 is 11.6 Å². The van der Waals surface area contributed by atoms with E-state index >= 15 is 0 Å². The summed E-state index contributed by atoms with van der Waals surface area (Å²) in [7, 11) is 1.62. The van der Waals surface area contributed by atoms with Gasteiger partial charge in [0.25, 0.3) is 0 Å². The second kappa shape index (κ2) is 9.24. The molecule has 2 atom stereocenters. The fourth-order valence-corrected chi connectivity index (χ4v) is 2.28. The van der Waals surface area contributed by atoms with E-state index in [1.165, 1.54) is 18.2 Å². The summed E-state index contributed by atoms with van der Waals surface area (Å²) in [6, 6.07) is 3.99. The Morgan fingerprint density at radius 1 is 1.36 bits per heavy atom. The zero-order valence-corrected chi connectivity index (χ0v) is 15.1. The topological polar surface area (TPSA) is 45.7 Å². The van der Waals surface area contributed by atoms with Gasteiger partial charge in [-0.2, -0.15) is 0 Å². The summed E-state index contributed by atoms with van der Waals surface area (Å²) in [6.07, 6.45) is 0.701. The van der Waals surface area contributed by atoms with Gasteiger partial charge < -0.3 is 15.4 Å². The fourth-order valence-electron chi connectivity index (χ4n) is 2.28. The van der Waals surface area contributed by atoms with Gasteiger partial charge in [-0.3, -0.25) is 4.99 Å². The standard InChI is InChI=1S/C15H21F2N3O.HI/c1-3-18-15(19-7-8-21-2)20-13-9-10(13)14-11(16)5-4-6-12(14)17;/h4-6,10,13H,3,7-9H2,1-2H3,(H2,18,19,20);1H. The normalized spacial score (nSPS) is 20.3. The molecule has 1 fully saturated rings. The molecule has 0 bridgehead atoms. The van der Waals surface area contributed by atoms with Crippen molar-refractivity contribution in [1.29, 1.82) is 0 Å². The first kappa shape index (κ1) is 19.1. The lowest BCUT2D eigenvalue weighted by Gasteiger charge is -2.11. The lowest BCUT2D eigenvalue weighted by Crippen LogP contribution is -2.39. The molecule has 2 rings (SSSR count). The number of guanidine groups is 1. The fraction of sp³-hybridized carbons (Fsp3) is 0.533. The smallest absolute Gasteiger partial charge is 0.191 e. The van der Waals surface area contributed by atoms with Crippen LogP contribution in [0.2, 0.25) is 0 Å². The van der Waals surface area contributed by atoms with Crippen LogP contribution < -0.4 is 10.6 Å². The molecule has 0 heterocycles. The van der Waals surface area contributed by atoms with Crippen molar-refractivity contribution in [3.8, 4) is 0 Å². The zero-order valence-electron chi connectivity index (χ0n) is 12.7. The quantitative estimate of drug-likeness (QED) is 0.319. The number of nitrogens with one attached hydrogen (secondary N) is 2. The van der Waals surface area contributed by atoms with E-state index in [9.17, 15) is 8.78 Å². The van der Waals surface area contributed by atoms with Crippen molar-refractivity contribution < 1.29 is 13.5 Å². The van der Waals surface area contributed by atoms with E-state index in [1.54, 1.807) is 7.11 Å². The monoisotopic (exact) mass is 425 g/mol. The predicted octanol–water partition coefficient (Wildman–Crippen LogP) is 2.64. The van der Waals surface area contributed by atoms with Crippen LogP contribution in [0, 0.1) is 11.6 Å². The summed E-state index contributed by atoms with van der Waals surface area (Å²) in [5.74, 6) is -0.451. The van der Waals surface area contributed by atoms with Gasteiger partial charge in [-0.1, -0.05) is 6.07 Å². The lowest BCUT2D eigenvalue weighted by atomic mass is 10.1. The van der Waals surface area contributed by atoms with Gasteiger partial charge in [-0.15, -0.1) is 24.0 Å². The minimum absolute atomic E-state index is 0. The number of hydrogen-bond donors (Lipinski definition) is 2. The maximum atomic E-state index is 13.7. The third-order valence-electron chi connectivity index (χ3n) is 3.39. The minimum atomic E-state index is -0.481. The molecule has 2 N–H and O–H groups in total. The van der Waals surface area contributed by atoms with E-state index in [0.717, 1.165) is 6.54 Å². The van der Waals surface area contributed by atoms with Crippen molar-refractivity contribution in [2.45, 2.75) is 25.3 Å². The average molecular weight is 425 g/mol.